The third kappa shape index (κ3) is 8.19. The summed E-state index contributed by atoms with van der Waals surface area (Å²) in [6.07, 6.45) is 1.10. The summed E-state index contributed by atoms with van der Waals surface area (Å²) in [6, 6.07) is -0.127. The molecule has 0 aromatic heterocycles. The first-order valence-corrected chi connectivity index (χ1v) is 7.90. The van der Waals surface area contributed by atoms with Gasteiger partial charge in [-0.2, -0.15) is 11.8 Å². The average molecular weight is 303 g/mol. The van der Waals surface area contributed by atoms with Gasteiger partial charge in [0.15, 0.2) is 0 Å². The van der Waals surface area contributed by atoms with E-state index in [1.165, 1.54) is 16.7 Å². The van der Waals surface area contributed by atoms with Crippen molar-refractivity contribution in [1.82, 2.24) is 4.90 Å². The highest BCUT2D eigenvalue weighted by molar-refractivity contribution is 7.99. The number of carbonyl (C=O) groups is 3. The largest absolute Gasteiger partial charge is 0.463 e. The van der Waals surface area contributed by atoms with Gasteiger partial charge in [0, 0.05) is 23.5 Å². The molecule has 0 aliphatic carbocycles. The molecule has 1 atom stereocenters. The molecule has 1 unspecified atom stereocenters. The normalized spacial score (nSPS) is 12.3. The number of esters is 1. The van der Waals surface area contributed by atoms with Crippen LogP contribution in [0.3, 0.4) is 0 Å². The standard InChI is InChI=1S/C14H25NO4S/c1-10(2)15(9-16)13(17)8-12(5)20-7-6-14(18)19-11(3)4/h9-12H,6-8H2,1-5H3. The molecule has 0 fully saturated rings. The van der Waals surface area contributed by atoms with E-state index in [0.29, 0.717) is 25.0 Å². The average Bonchev–Trinajstić information content (AvgIpc) is 2.27. The molecular formula is C14H25NO4S. The van der Waals surface area contributed by atoms with Crippen LogP contribution in [-0.2, 0) is 19.1 Å². The van der Waals surface area contributed by atoms with Gasteiger partial charge in [-0.25, -0.2) is 0 Å². The maximum absolute atomic E-state index is 11.9. The second-order valence-electron chi connectivity index (χ2n) is 5.17. The number of nitrogens with zero attached hydrogens (tertiary/aromatic N) is 1. The summed E-state index contributed by atoms with van der Waals surface area (Å²) in [5.41, 5.74) is 0. The molecule has 20 heavy (non-hydrogen) atoms. The van der Waals surface area contributed by atoms with E-state index in [-0.39, 0.29) is 29.3 Å². The molecule has 0 bridgehead atoms. The monoisotopic (exact) mass is 303 g/mol. The van der Waals surface area contributed by atoms with Gasteiger partial charge in [0.2, 0.25) is 12.3 Å². The Balaban J connectivity index is 3.99. The molecule has 0 radical (unpaired) electrons. The van der Waals surface area contributed by atoms with Gasteiger partial charge >= 0.3 is 5.97 Å². The van der Waals surface area contributed by atoms with Gasteiger partial charge in [0.25, 0.3) is 0 Å². The summed E-state index contributed by atoms with van der Waals surface area (Å²) in [7, 11) is 0. The quantitative estimate of drug-likeness (QED) is 0.483. The molecule has 0 aromatic carbocycles. The predicted octanol–water partition coefficient (Wildman–Crippen LogP) is 2.23. The minimum absolute atomic E-state index is 0.0653. The second kappa shape index (κ2) is 9.80. The molecule has 0 rings (SSSR count). The lowest BCUT2D eigenvalue weighted by molar-refractivity contribution is -0.147. The molecule has 0 saturated heterocycles. The number of hydrogen-bond donors (Lipinski definition) is 0. The van der Waals surface area contributed by atoms with E-state index >= 15 is 0 Å². The number of thioether (sulfide) groups is 1. The number of ether oxygens (including phenoxy) is 1. The summed E-state index contributed by atoms with van der Waals surface area (Å²) >= 11 is 1.54. The number of imide groups is 1. The molecule has 0 aliphatic rings. The Hall–Kier alpha value is -1.04. The summed E-state index contributed by atoms with van der Waals surface area (Å²) in [6.45, 7) is 9.14. The van der Waals surface area contributed by atoms with Gasteiger partial charge in [0.05, 0.1) is 12.5 Å². The van der Waals surface area contributed by atoms with Gasteiger partial charge in [-0.15, -0.1) is 0 Å². The maximum atomic E-state index is 11.9. The van der Waals surface area contributed by atoms with E-state index in [0.717, 1.165) is 0 Å². The fraction of sp³-hybridized carbons (Fsp3) is 0.786. The Morgan fingerprint density at radius 1 is 1.20 bits per heavy atom. The van der Waals surface area contributed by atoms with Crippen LogP contribution in [0.2, 0.25) is 0 Å². The number of carbonyl (C=O) groups excluding carboxylic acids is 3. The van der Waals surface area contributed by atoms with E-state index in [1.807, 2.05) is 20.8 Å². The number of rotatable bonds is 9. The van der Waals surface area contributed by atoms with Crippen LogP contribution in [-0.4, -0.2) is 46.3 Å². The SMILES string of the molecule is CC(C)OC(=O)CCSC(C)CC(=O)N(C=O)C(C)C. The van der Waals surface area contributed by atoms with E-state index in [2.05, 4.69) is 0 Å². The molecule has 0 aromatic rings. The second-order valence-corrected chi connectivity index (χ2v) is 6.72. The van der Waals surface area contributed by atoms with Crippen molar-refractivity contribution in [1.29, 1.82) is 0 Å². The highest BCUT2D eigenvalue weighted by Crippen LogP contribution is 2.17. The predicted molar refractivity (Wildman–Crippen MR) is 80.4 cm³/mol. The zero-order valence-electron chi connectivity index (χ0n) is 12.9. The summed E-state index contributed by atoms with van der Waals surface area (Å²) in [5.74, 6) is 0.213. The van der Waals surface area contributed by atoms with Crippen LogP contribution in [0.5, 0.6) is 0 Å². The summed E-state index contributed by atoms with van der Waals surface area (Å²) in [5, 5.41) is 0.0653. The summed E-state index contributed by atoms with van der Waals surface area (Å²) < 4.78 is 5.03. The number of hydrogen-bond acceptors (Lipinski definition) is 5. The zero-order valence-corrected chi connectivity index (χ0v) is 13.7. The lowest BCUT2D eigenvalue weighted by Gasteiger charge is -2.21. The highest BCUT2D eigenvalue weighted by Gasteiger charge is 2.19. The molecule has 0 heterocycles. The van der Waals surface area contributed by atoms with Crippen molar-refractivity contribution in [2.24, 2.45) is 0 Å². The molecule has 6 heteroatoms. The topological polar surface area (TPSA) is 63.7 Å². The zero-order chi connectivity index (χ0) is 15.7. The van der Waals surface area contributed by atoms with Crippen molar-refractivity contribution < 1.29 is 19.1 Å². The minimum Gasteiger partial charge on any atom is -0.463 e. The van der Waals surface area contributed by atoms with Gasteiger partial charge < -0.3 is 4.74 Å². The fourth-order valence-corrected chi connectivity index (χ4v) is 2.49. The highest BCUT2D eigenvalue weighted by atomic mass is 32.2. The Morgan fingerprint density at radius 3 is 2.25 bits per heavy atom. The molecule has 0 spiro atoms. The third-order valence-electron chi connectivity index (χ3n) is 2.50. The first kappa shape index (κ1) is 19.0. The Kier molecular flexibility index (Phi) is 9.29. The smallest absolute Gasteiger partial charge is 0.306 e. The van der Waals surface area contributed by atoms with E-state index < -0.39 is 0 Å². The first-order chi connectivity index (χ1) is 9.27. The Bertz CT molecular complexity index is 331. The summed E-state index contributed by atoms with van der Waals surface area (Å²) in [4.78, 5) is 35.2. The van der Waals surface area contributed by atoms with Crippen molar-refractivity contribution in [2.45, 2.75) is 64.9 Å². The van der Waals surface area contributed by atoms with Crippen molar-refractivity contribution in [2.75, 3.05) is 5.75 Å². The van der Waals surface area contributed by atoms with Crippen molar-refractivity contribution in [3.05, 3.63) is 0 Å². The van der Waals surface area contributed by atoms with Gasteiger partial charge in [0.1, 0.15) is 0 Å². The third-order valence-corrected chi connectivity index (χ3v) is 3.67. The van der Waals surface area contributed by atoms with E-state index in [9.17, 15) is 14.4 Å². The lowest BCUT2D eigenvalue weighted by atomic mass is 10.2. The molecule has 5 nitrogen and oxygen atoms in total. The Morgan fingerprint density at radius 2 is 1.80 bits per heavy atom. The van der Waals surface area contributed by atoms with Crippen molar-refractivity contribution >= 4 is 30.0 Å². The van der Waals surface area contributed by atoms with Gasteiger partial charge in [-0.1, -0.05) is 6.92 Å². The Labute approximate surface area is 125 Å². The lowest BCUT2D eigenvalue weighted by Crippen LogP contribution is -2.36. The van der Waals surface area contributed by atoms with Crippen LogP contribution < -0.4 is 0 Å². The van der Waals surface area contributed by atoms with Crippen LogP contribution in [0.25, 0.3) is 0 Å². The van der Waals surface area contributed by atoms with Crippen LogP contribution >= 0.6 is 11.8 Å². The molecule has 0 aliphatic heterocycles. The van der Waals surface area contributed by atoms with Crippen LogP contribution in [0.4, 0.5) is 0 Å². The molecule has 2 amide bonds. The first-order valence-electron chi connectivity index (χ1n) is 6.85. The van der Waals surface area contributed by atoms with E-state index in [4.69, 9.17) is 4.74 Å². The maximum Gasteiger partial charge on any atom is 0.306 e. The fourth-order valence-electron chi connectivity index (χ4n) is 1.54. The van der Waals surface area contributed by atoms with E-state index in [1.54, 1.807) is 13.8 Å². The van der Waals surface area contributed by atoms with Crippen LogP contribution in [0.1, 0.15) is 47.5 Å². The minimum atomic E-state index is -0.220. The van der Waals surface area contributed by atoms with Gasteiger partial charge in [-0.05, 0) is 27.7 Å². The van der Waals surface area contributed by atoms with Crippen molar-refractivity contribution in [3.8, 4) is 0 Å². The molecule has 0 N–H and O–H groups in total. The van der Waals surface area contributed by atoms with Crippen LogP contribution in [0.15, 0.2) is 0 Å². The molecule has 116 valence electrons. The van der Waals surface area contributed by atoms with Crippen molar-refractivity contribution in [3.63, 3.8) is 0 Å². The number of amides is 2. The van der Waals surface area contributed by atoms with Crippen LogP contribution in [0, 0.1) is 0 Å². The molecule has 0 saturated carbocycles. The van der Waals surface area contributed by atoms with Gasteiger partial charge in [-0.3, -0.25) is 19.3 Å². The molecular weight excluding hydrogens is 278 g/mol.